The maximum absolute atomic E-state index is 11.4. The average molecular weight is 254 g/mol. The van der Waals surface area contributed by atoms with Crippen LogP contribution >= 0.6 is 0 Å². The first kappa shape index (κ1) is 12.9. The second kappa shape index (κ2) is 5.87. The van der Waals surface area contributed by atoms with Gasteiger partial charge in [-0.2, -0.15) is 0 Å². The van der Waals surface area contributed by atoms with Crippen molar-refractivity contribution in [2.45, 2.75) is 6.92 Å². The van der Waals surface area contributed by atoms with E-state index in [1.165, 1.54) is 0 Å². The van der Waals surface area contributed by atoms with E-state index >= 15 is 0 Å². The standard InChI is InChI=1S/C16H14O3/c1-12(19-14-10-6-3-7-11-14)15(16(17)18)13-8-4-2-5-9-13/h2-11H,1H3,(H,17,18). The predicted octanol–water partition coefficient (Wildman–Crippen LogP) is 3.58. The molecule has 19 heavy (non-hydrogen) atoms. The summed E-state index contributed by atoms with van der Waals surface area (Å²) in [7, 11) is 0. The molecule has 1 N–H and O–H groups in total. The number of carbonyl (C=O) groups is 1. The molecule has 0 fully saturated rings. The van der Waals surface area contributed by atoms with Gasteiger partial charge in [0.15, 0.2) is 0 Å². The van der Waals surface area contributed by atoms with Crippen LogP contribution in [0.25, 0.3) is 5.57 Å². The van der Waals surface area contributed by atoms with Crippen LogP contribution in [0.15, 0.2) is 66.4 Å². The number of allylic oxidation sites excluding steroid dienone is 1. The summed E-state index contributed by atoms with van der Waals surface area (Å²) in [5.41, 5.74) is 0.799. The molecule has 0 radical (unpaired) electrons. The Morgan fingerprint density at radius 2 is 1.47 bits per heavy atom. The maximum Gasteiger partial charge on any atom is 0.339 e. The molecule has 3 heteroatoms. The summed E-state index contributed by atoms with van der Waals surface area (Å²) in [5, 5.41) is 9.34. The molecule has 0 unspecified atom stereocenters. The van der Waals surface area contributed by atoms with E-state index in [2.05, 4.69) is 0 Å². The highest BCUT2D eigenvalue weighted by molar-refractivity contribution is 6.16. The Kier molecular flexibility index (Phi) is 3.98. The summed E-state index contributed by atoms with van der Waals surface area (Å²) in [6.07, 6.45) is 0. The van der Waals surface area contributed by atoms with Gasteiger partial charge in [-0.15, -0.1) is 0 Å². The van der Waals surface area contributed by atoms with E-state index in [-0.39, 0.29) is 5.57 Å². The molecular weight excluding hydrogens is 240 g/mol. The van der Waals surface area contributed by atoms with Crippen molar-refractivity contribution in [1.82, 2.24) is 0 Å². The Balaban J connectivity index is 2.37. The minimum atomic E-state index is -1.00. The zero-order valence-corrected chi connectivity index (χ0v) is 10.5. The number of carboxylic acid groups (broad SMARTS) is 1. The van der Waals surface area contributed by atoms with E-state index in [4.69, 9.17) is 4.74 Å². The second-order valence-corrected chi connectivity index (χ2v) is 4.02. The number of benzene rings is 2. The monoisotopic (exact) mass is 254 g/mol. The molecule has 0 saturated heterocycles. The first-order valence-corrected chi connectivity index (χ1v) is 5.91. The van der Waals surface area contributed by atoms with Gasteiger partial charge >= 0.3 is 5.97 Å². The van der Waals surface area contributed by atoms with Crippen molar-refractivity contribution in [2.24, 2.45) is 0 Å². The predicted molar refractivity (Wildman–Crippen MR) is 73.7 cm³/mol. The zero-order chi connectivity index (χ0) is 13.7. The molecule has 0 aliphatic rings. The topological polar surface area (TPSA) is 46.5 Å². The Bertz CT molecular complexity index is 586. The van der Waals surface area contributed by atoms with Crippen LogP contribution in [0, 0.1) is 0 Å². The number of para-hydroxylation sites is 1. The molecule has 2 rings (SSSR count). The van der Waals surface area contributed by atoms with E-state index in [0.29, 0.717) is 17.1 Å². The molecule has 0 amide bonds. The molecule has 3 nitrogen and oxygen atoms in total. The van der Waals surface area contributed by atoms with Gasteiger partial charge in [-0.1, -0.05) is 48.5 Å². The van der Waals surface area contributed by atoms with E-state index in [1.54, 1.807) is 43.3 Å². The summed E-state index contributed by atoms with van der Waals surface area (Å²) in [6, 6.07) is 18.1. The molecule has 0 heterocycles. The van der Waals surface area contributed by atoms with Gasteiger partial charge in [0.25, 0.3) is 0 Å². The van der Waals surface area contributed by atoms with Gasteiger partial charge in [-0.25, -0.2) is 4.79 Å². The highest BCUT2D eigenvalue weighted by Gasteiger charge is 2.15. The molecule has 0 aromatic heterocycles. The minimum absolute atomic E-state index is 0.171. The number of ether oxygens (including phenoxy) is 1. The average Bonchev–Trinajstić information content (AvgIpc) is 2.40. The molecule has 96 valence electrons. The lowest BCUT2D eigenvalue weighted by Crippen LogP contribution is -2.06. The SMILES string of the molecule is CC(Oc1ccccc1)=C(C(=O)O)c1ccccc1. The Morgan fingerprint density at radius 1 is 0.947 bits per heavy atom. The lowest BCUT2D eigenvalue weighted by molar-refractivity contribution is -0.130. The van der Waals surface area contributed by atoms with Gasteiger partial charge in [0.2, 0.25) is 0 Å². The Labute approximate surface area is 111 Å². The van der Waals surface area contributed by atoms with Crippen molar-refractivity contribution in [1.29, 1.82) is 0 Å². The van der Waals surface area contributed by atoms with Crippen LogP contribution < -0.4 is 4.74 Å². The summed E-state index contributed by atoms with van der Waals surface area (Å²) in [6.45, 7) is 1.66. The van der Waals surface area contributed by atoms with Gasteiger partial charge in [-0.05, 0) is 24.6 Å². The van der Waals surface area contributed by atoms with Gasteiger partial charge in [0.1, 0.15) is 17.1 Å². The summed E-state index contributed by atoms with van der Waals surface area (Å²) < 4.78 is 5.59. The fourth-order valence-electron chi connectivity index (χ4n) is 1.80. The van der Waals surface area contributed by atoms with E-state index < -0.39 is 5.97 Å². The molecule has 0 saturated carbocycles. The number of carboxylic acids is 1. The second-order valence-electron chi connectivity index (χ2n) is 4.02. The van der Waals surface area contributed by atoms with E-state index in [1.807, 2.05) is 24.3 Å². The first-order valence-electron chi connectivity index (χ1n) is 5.91. The van der Waals surface area contributed by atoms with E-state index in [0.717, 1.165) is 0 Å². The Morgan fingerprint density at radius 3 is 2.00 bits per heavy atom. The highest BCUT2D eigenvalue weighted by atomic mass is 16.5. The molecular formula is C16H14O3. The van der Waals surface area contributed by atoms with E-state index in [9.17, 15) is 9.90 Å². The van der Waals surface area contributed by atoms with Crippen molar-refractivity contribution in [2.75, 3.05) is 0 Å². The fraction of sp³-hybridized carbons (Fsp3) is 0.0625. The smallest absolute Gasteiger partial charge is 0.339 e. The van der Waals surface area contributed by atoms with Crippen molar-refractivity contribution in [3.8, 4) is 5.75 Å². The van der Waals surface area contributed by atoms with Crippen LogP contribution in [0.5, 0.6) is 5.75 Å². The van der Waals surface area contributed by atoms with Crippen LogP contribution in [0.1, 0.15) is 12.5 Å². The van der Waals surface area contributed by atoms with Crippen molar-refractivity contribution in [3.63, 3.8) is 0 Å². The van der Waals surface area contributed by atoms with Crippen LogP contribution in [-0.4, -0.2) is 11.1 Å². The number of rotatable bonds is 4. The molecule has 0 aliphatic heterocycles. The fourth-order valence-corrected chi connectivity index (χ4v) is 1.80. The summed E-state index contributed by atoms with van der Waals surface area (Å²) >= 11 is 0. The number of hydrogen-bond donors (Lipinski definition) is 1. The zero-order valence-electron chi connectivity index (χ0n) is 10.5. The number of aliphatic carboxylic acids is 1. The van der Waals surface area contributed by atoms with Crippen molar-refractivity contribution >= 4 is 11.5 Å². The minimum Gasteiger partial charge on any atom is -0.478 e. The molecule has 0 atom stereocenters. The third-order valence-corrected chi connectivity index (χ3v) is 2.64. The quantitative estimate of drug-likeness (QED) is 0.670. The molecule has 2 aromatic carbocycles. The first-order chi connectivity index (χ1) is 9.18. The van der Waals surface area contributed by atoms with Gasteiger partial charge in [0, 0.05) is 0 Å². The third-order valence-electron chi connectivity index (χ3n) is 2.64. The maximum atomic E-state index is 11.4. The van der Waals surface area contributed by atoms with Gasteiger partial charge in [0.05, 0.1) is 0 Å². The van der Waals surface area contributed by atoms with Crippen LogP contribution in [0.2, 0.25) is 0 Å². The highest BCUT2D eigenvalue weighted by Crippen LogP contribution is 2.22. The van der Waals surface area contributed by atoms with Gasteiger partial charge < -0.3 is 9.84 Å². The van der Waals surface area contributed by atoms with Crippen molar-refractivity contribution < 1.29 is 14.6 Å². The molecule has 0 spiro atoms. The van der Waals surface area contributed by atoms with Crippen LogP contribution in [-0.2, 0) is 4.79 Å². The normalized spacial score (nSPS) is 11.6. The van der Waals surface area contributed by atoms with Gasteiger partial charge in [-0.3, -0.25) is 0 Å². The molecule has 0 aliphatic carbocycles. The van der Waals surface area contributed by atoms with Crippen molar-refractivity contribution in [3.05, 3.63) is 72.0 Å². The van der Waals surface area contributed by atoms with Crippen LogP contribution in [0.4, 0.5) is 0 Å². The molecule has 0 bridgehead atoms. The third kappa shape index (κ3) is 3.22. The number of hydrogen-bond acceptors (Lipinski definition) is 2. The summed E-state index contributed by atoms with van der Waals surface area (Å²) in [5.74, 6) is -0.0146. The Hall–Kier alpha value is -2.55. The largest absolute Gasteiger partial charge is 0.478 e. The lowest BCUT2D eigenvalue weighted by Gasteiger charge is -2.10. The molecule has 2 aromatic rings. The lowest BCUT2D eigenvalue weighted by atomic mass is 10.1. The summed E-state index contributed by atoms with van der Waals surface area (Å²) in [4.78, 5) is 11.4. The van der Waals surface area contributed by atoms with Crippen LogP contribution in [0.3, 0.4) is 0 Å².